The Morgan fingerprint density at radius 3 is 2.03 bits per heavy atom. The van der Waals surface area contributed by atoms with Crippen molar-refractivity contribution >= 4 is 0 Å². The van der Waals surface area contributed by atoms with Crippen molar-refractivity contribution in [1.29, 1.82) is 0 Å². The van der Waals surface area contributed by atoms with Gasteiger partial charge in [-0.3, -0.25) is 0 Å². The minimum absolute atomic E-state index is 0.206. The second kappa shape index (κ2) is 11.9. The molecule has 0 unspecified atom stereocenters. The molecule has 200 valence electrons. The second-order valence-electron chi connectivity index (χ2n) is 10.3. The van der Waals surface area contributed by atoms with E-state index in [0.717, 1.165) is 11.1 Å². The first-order chi connectivity index (χ1) is 18.5. The van der Waals surface area contributed by atoms with Crippen LogP contribution in [0.3, 0.4) is 0 Å². The quantitative estimate of drug-likeness (QED) is 0.327. The molecule has 0 radical (unpaired) electrons. The zero-order valence-electron chi connectivity index (χ0n) is 22.1. The molecule has 2 aliphatic rings. The number of hydrogen-bond acceptors (Lipinski definition) is 6. The van der Waals surface area contributed by atoms with Crippen LogP contribution < -0.4 is 5.32 Å². The molecule has 2 aliphatic heterocycles. The summed E-state index contributed by atoms with van der Waals surface area (Å²) in [4.78, 5) is 0. The van der Waals surface area contributed by atoms with Crippen molar-refractivity contribution in [2.45, 2.75) is 69.5 Å². The maximum atomic E-state index is 6.76. The molecule has 5 atom stereocenters. The fraction of sp³-hybridized carbons (Fsp3) is 0.375. The third kappa shape index (κ3) is 6.24. The van der Waals surface area contributed by atoms with Crippen molar-refractivity contribution in [1.82, 2.24) is 5.32 Å². The van der Waals surface area contributed by atoms with E-state index in [9.17, 15) is 0 Å². The van der Waals surface area contributed by atoms with Gasteiger partial charge in [-0.25, -0.2) is 0 Å². The first-order valence-electron chi connectivity index (χ1n) is 13.2. The Balaban J connectivity index is 1.37. The minimum atomic E-state index is -1.11. The van der Waals surface area contributed by atoms with Crippen molar-refractivity contribution in [3.63, 3.8) is 0 Å². The third-order valence-corrected chi connectivity index (χ3v) is 6.91. The van der Waals surface area contributed by atoms with Crippen LogP contribution in [0.15, 0.2) is 104 Å². The van der Waals surface area contributed by atoms with E-state index < -0.39 is 29.9 Å². The van der Waals surface area contributed by atoms with Gasteiger partial charge in [0.25, 0.3) is 0 Å². The normalized spacial score (nSPS) is 26.6. The molecular formula is C32H37NO5. The lowest BCUT2D eigenvalue weighted by Crippen LogP contribution is -2.47. The summed E-state index contributed by atoms with van der Waals surface area (Å²) in [6, 6.07) is 30.2. The van der Waals surface area contributed by atoms with Gasteiger partial charge in [0.05, 0.1) is 19.3 Å². The number of rotatable bonds is 12. The maximum absolute atomic E-state index is 6.76. The Bertz CT molecular complexity index is 1160. The predicted molar refractivity (Wildman–Crippen MR) is 146 cm³/mol. The lowest BCUT2D eigenvalue weighted by molar-refractivity contribution is -0.281. The van der Waals surface area contributed by atoms with Crippen molar-refractivity contribution in [3.8, 4) is 0 Å². The van der Waals surface area contributed by atoms with Gasteiger partial charge >= 0.3 is 0 Å². The largest absolute Gasteiger partial charge is 0.371 e. The fourth-order valence-corrected chi connectivity index (χ4v) is 5.19. The van der Waals surface area contributed by atoms with E-state index in [2.05, 4.69) is 36.2 Å². The van der Waals surface area contributed by atoms with Gasteiger partial charge in [-0.15, -0.1) is 6.58 Å². The SMILES string of the molecule is C=C[C@@H](NCc1ccccc1)[C@@H]1O[C@@]2(COCc3ccccc3)OC(C)(C)O[C@H]2[C@@H]1OCc1ccccc1. The van der Waals surface area contributed by atoms with Gasteiger partial charge in [0.2, 0.25) is 5.79 Å². The Labute approximate surface area is 225 Å². The van der Waals surface area contributed by atoms with Gasteiger partial charge in [0.15, 0.2) is 5.79 Å². The van der Waals surface area contributed by atoms with Crippen LogP contribution in [0.1, 0.15) is 30.5 Å². The van der Waals surface area contributed by atoms with Crippen molar-refractivity contribution < 1.29 is 23.7 Å². The van der Waals surface area contributed by atoms with Gasteiger partial charge in [-0.05, 0) is 30.5 Å². The van der Waals surface area contributed by atoms with E-state index in [0.29, 0.717) is 19.8 Å². The number of ether oxygens (including phenoxy) is 5. The Morgan fingerprint density at radius 2 is 1.42 bits per heavy atom. The molecular weight excluding hydrogens is 478 g/mol. The maximum Gasteiger partial charge on any atom is 0.224 e. The van der Waals surface area contributed by atoms with E-state index in [1.54, 1.807) is 0 Å². The molecule has 0 aliphatic carbocycles. The van der Waals surface area contributed by atoms with Gasteiger partial charge in [-0.2, -0.15) is 0 Å². The molecule has 6 nitrogen and oxygen atoms in total. The molecule has 2 fully saturated rings. The number of benzene rings is 3. The molecule has 0 bridgehead atoms. The van der Waals surface area contributed by atoms with Crippen molar-refractivity contribution in [2.24, 2.45) is 0 Å². The monoisotopic (exact) mass is 515 g/mol. The lowest BCUT2D eigenvalue weighted by atomic mass is 10.00. The standard InChI is InChI=1S/C32H37NO5/c1-4-27(33-20-24-14-8-5-9-15-24)28-29(35-22-26-18-12-7-13-19-26)30-32(36-28,38-31(2,3)37-30)23-34-21-25-16-10-6-11-17-25/h4-19,27-30,33H,1,20-23H2,2-3H3/t27-,28+,29-,30+,32+/m1/s1. The summed E-state index contributed by atoms with van der Waals surface area (Å²) in [5.41, 5.74) is 3.34. The molecule has 3 aromatic carbocycles. The number of fused-ring (bicyclic) bond motifs is 1. The molecule has 1 N–H and O–H groups in total. The summed E-state index contributed by atoms with van der Waals surface area (Å²) >= 11 is 0. The Morgan fingerprint density at radius 1 is 0.842 bits per heavy atom. The Kier molecular flexibility index (Phi) is 8.39. The van der Waals surface area contributed by atoms with Crippen LogP contribution in [0.25, 0.3) is 0 Å². The van der Waals surface area contributed by atoms with Crippen LogP contribution in [0.4, 0.5) is 0 Å². The lowest BCUT2D eigenvalue weighted by Gasteiger charge is -2.31. The highest BCUT2D eigenvalue weighted by atomic mass is 16.9. The van der Waals surface area contributed by atoms with Crippen LogP contribution in [0.2, 0.25) is 0 Å². The van der Waals surface area contributed by atoms with E-state index in [-0.39, 0.29) is 12.6 Å². The summed E-state index contributed by atoms with van der Waals surface area (Å²) in [5.74, 6) is -1.96. The Hall–Kier alpha value is -2.84. The van der Waals surface area contributed by atoms with Crippen LogP contribution >= 0.6 is 0 Å². The molecule has 0 saturated carbocycles. The summed E-state index contributed by atoms with van der Waals surface area (Å²) in [7, 11) is 0. The predicted octanol–water partition coefficient (Wildman–Crippen LogP) is 5.38. The highest BCUT2D eigenvalue weighted by Crippen LogP contribution is 2.47. The van der Waals surface area contributed by atoms with E-state index in [1.807, 2.05) is 86.7 Å². The molecule has 6 heteroatoms. The highest BCUT2D eigenvalue weighted by Gasteiger charge is 2.66. The van der Waals surface area contributed by atoms with Crippen LogP contribution in [0.5, 0.6) is 0 Å². The highest BCUT2D eigenvalue weighted by molar-refractivity contribution is 5.17. The summed E-state index contributed by atoms with van der Waals surface area (Å²) in [6.07, 6.45) is 0.574. The van der Waals surface area contributed by atoms with Gasteiger partial charge < -0.3 is 29.0 Å². The third-order valence-electron chi connectivity index (χ3n) is 6.91. The van der Waals surface area contributed by atoms with Gasteiger partial charge in [-0.1, -0.05) is 97.1 Å². The second-order valence-corrected chi connectivity index (χ2v) is 10.3. The molecule has 2 heterocycles. The topological polar surface area (TPSA) is 58.2 Å². The number of hydrogen-bond donors (Lipinski definition) is 1. The summed E-state index contributed by atoms with van der Waals surface area (Å²) < 4.78 is 32.4. The first kappa shape index (κ1) is 26.8. The van der Waals surface area contributed by atoms with Crippen LogP contribution in [-0.2, 0) is 43.4 Å². The number of nitrogens with one attached hydrogen (secondary N) is 1. The molecule has 0 aromatic heterocycles. The minimum Gasteiger partial charge on any atom is -0.371 e. The van der Waals surface area contributed by atoms with Gasteiger partial charge in [0.1, 0.15) is 24.9 Å². The van der Waals surface area contributed by atoms with Gasteiger partial charge in [0, 0.05) is 6.54 Å². The fourth-order valence-electron chi connectivity index (χ4n) is 5.19. The van der Waals surface area contributed by atoms with Crippen LogP contribution in [0, 0.1) is 0 Å². The van der Waals surface area contributed by atoms with E-state index >= 15 is 0 Å². The van der Waals surface area contributed by atoms with Crippen LogP contribution in [-0.4, -0.2) is 42.5 Å². The van der Waals surface area contributed by atoms with Crippen molar-refractivity contribution in [3.05, 3.63) is 120 Å². The smallest absolute Gasteiger partial charge is 0.224 e. The molecule has 38 heavy (non-hydrogen) atoms. The first-order valence-corrected chi connectivity index (χ1v) is 13.2. The molecule has 0 amide bonds. The molecule has 0 spiro atoms. The average molecular weight is 516 g/mol. The van der Waals surface area contributed by atoms with E-state index in [4.69, 9.17) is 23.7 Å². The molecule has 3 aromatic rings. The average Bonchev–Trinajstić information content (AvgIpc) is 3.36. The molecule has 2 saturated heterocycles. The van der Waals surface area contributed by atoms with E-state index in [1.165, 1.54) is 5.56 Å². The molecule has 5 rings (SSSR count). The zero-order valence-corrected chi connectivity index (χ0v) is 22.1. The van der Waals surface area contributed by atoms with Crippen molar-refractivity contribution in [2.75, 3.05) is 6.61 Å². The zero-order chi connectivity index (χ0) is 26.4. The summed E-state index contributed by atoms with van der Waals surface area (Å²) in [6.45, 7) is 9.65. The summed E-state index contributed by atoms with van der Waals surface area (Å²) in [5, 5.41) is 3.59.